The predicted molar refractivity (Wildman–Crippen MR) is 91.3 cm³/mol. The maximum Gasteiger partial charge on any atom is 0.408 e. The van der Waals surface area contributed by atoms with Crippen molar-refractivity contribution in [3.05, 3.63) is 0 Å². The average molecular weight is 327 g/mol. The topological polar surface area (TPSA) is 61.9 Å². The average Bonchev–Trinajstić information content (AvgIpc) is 2.43. The molecule has 0 spiro atoms. The first-order valence-corrected chi connectivity index (χ1v) is 8.63. The van der Waals surface area contributed by atoms with Crippen LogP contribution in [0.25, 0.3) is 0 Å². The second-order valence-corrected chi connectivity index (χ2v) is 7.59. The summed E-state index contributed by atoms with van der Waals surface area (Å²) in [5.41, 5.74) is -0.567. The molecule has 1 N–H and O–H groups in total. The molecule has 0 radical (unpaired) electrons. The van der Waals surface area contributed by atoms with Crippen LogP contribution in [0.2, 0.25) is 0 Å². The quantitative estimate of drug-likeness (QED) is 0.840. The van der Waals surface area contributed by atoms with Crippen molar-refractivity contribution in [3.63, 3.8) is 0 Å². The predicted octanol–water partition coefficient (Wildman–Crippen LogP) is 2.09. The van der Waals surface area contributed by atoms with Gasteiger partial charge in [0.05, 0.1) is 0 Å². The molecule has 2 amide bonds. The van der Waals surface area contributed by atoms with E-state index in [1.807, 2.05) is 39.5 Å². The molecule has 0 saturated carbocycles. The van der Waals surface area contributed by atoms with Crippen LogP contribution in [0.1, 0.15) is 48.0 Å². The van der Waals surface area contributed by atoms with E-state index in [0.717, 1.165) is 32.7 Å². The highest BCUT2D eigenvalue weighted by Crippen LogP contribution is 2.12. The largest absolute Gasteiger partial charge is 0.444 e. The Morgan fingerprint density at radius 3 is 2.13 bits per heavy atom. The molecule has 0 unspecified atom stereocenters. The Kier molecular flexibility index (Phi) is 7.32. The van der Waals surface area contributed by atoms with Crippen LogP contribution in [-0.4, -0.2) is 66.2 Å². The summed E-state index contributed by atoms with van der Waals surface area (Å²) in [6, 6.07) is -0.516. The number of alkyl carbamates (subject to hydrolysis) is 1. The third-order valence-electron chi connectivity index (χ3n) is 3.83. The fraction of sp³-hybridized carbons (Fsp3) is 0.882. The normalized spacial score (nSPS) is 18.0. The molecule has 23 heavy (non-hydrogen) atoms. The first-order valence-electron chi connectivity index (χ1n) is 8.63. The van der Waals surface area contributed by atoms with Gasteiger partial charge in [-0.05, 0) is 39.7 Å². The third-order valence-corrected chi connectivity index (χ3v) is 3.83. The van der Waals surface area contributed by atoms with Gasteiger partial charge in [-0.15, -0.1) is 0 Å². The monoisotopic (exact) mass is 327 g/mol. The summed E-state index contributed by atoms with van der Waals surface area (Å²) in [7, 11) is 0. The maximum absolute atomic E-state index is 12.8. The summed E-state index contributed by atoms with van der Waals surface area (Å²) in [5, 5.41) is 2.76. The minimum Gasteiger partial charge on any atom is -0.444 e. The number of rotatable bonds is 5. The van der Waals surface area contributed by atoms with Crippen molar-refractivity contribution < 1.29 is 14.3 Å². The van der Waals surface area contributed by atoms with Crippen molar-refractivity contribution in [2.24, 2.45) is 5.92 Å². The van der Waals surface area contributed by atoms with Crippen LogP contribution in [0.15, 0.2) is 0 Å². The zero-order chi connectivity index (χ0) is 17.6. The number of hydrogen-bond donors (Lipinski definition) is 1. The number of nitrogens with zero attached hydrogens (tertiary/aromatic N) is 2. The molecule has 6 nitrogen and oxygen atoms in total. The smallest absolute Gasteiger partial charge is 0.408 e. The van der Waals surface area contributed by atoms with Gasteiger partial charge in [-0.3, -0.25) is 4.79 Å². The van der Waals surface area contributed by atoms with Gasteiger partial charge in [0.15, 0.2) is 0 Å². The van der Waals surface area contributed by atoms with E-state index in [-0.39, 0.29) is 5.91 Å². The molecule has 0 aromatic heterocycles. The van der Waals surface area contributed by atoms with Crippen molar-refractivity contribution in [3.8, 4) is 0 Å². The van der Waals surface area contributed by atoms with E-state index in [4.69, 9.17) is 4.74 Å². The van der Waals surface area contributed by atoms with E-state index in [9.17, 15) is 9.59 Å². The number of carbonyl (C=O) groups excluding carboxylic acids is 2. The second kappa shape index (κ2) is 8.52. The molecular weight excluding hydrogens is 294 g/mol. The number of ether oxygens (including phenoxy) is 1. The zero-order valence-electron chi connectivity index (χ0n) is 15.5. The van der Waals surface area contributed by atoms with Crippen LogP contribution >= 0.6 is 0 Å². The third kappa shape index (κ3) is 7.20. The van der Waals surface area contributed by atoms with E-state index in [1.165, 1.54) is 0 Å². The first-order chi connectivity index (χ1) is 10.6. The second-order valence-electron chi connectivity index (χ2n) is 7.59. The van der Waals surface area contributed by atoms with Gasteiger partial charge in [0.1, 0.15) is 11.6 Å². The molecule has 0 bridgehead atoms. The van der Waals surface area contributed by atoms with Crippen molar-refractivity contribution in [2.45, 2.75) is 59.6 Å². The lowest BCUT2D eigenvalue weighted by atomic mass is 10.0. The Hall–Kier alpha value is -1.30. The van der Waals surface area contributed by atoms with Gasteiger partial charge in [-0.1, -0.05) is 20.8 Å². The minimum absolute atomic E-state index is 0.000289. The van der Waals surface area contributed by atoms with Crippen LogP contribution in [0.3, 0.4) is 0 Å². The Bertz CT molecular complexity index is 396. The lowest BCUT2D eigenvalue weighted by Gasteiger charge is -2.36. The van der Waals surface area contributed by atoms with E-state index >= 15 is 0 Å². The Morgan fingerprint density at radius 2 is 1.70 bits per heavy atom. The van der Waals surface area contributed by atoms with Crippen LogP contribution < -0.4 is 5.32 Å². The summed E-state index contributed by atoms with van der Waals surface area (Å²) < 4.78 is 5.29. The van der Waals surface area contributed by atoms with Gasteiger partial charge in [-0.2, -0.15) is 0 Å². The number of likely N-dealkylation sites (N-methyl/N-ethyl adjacent to an activating group) is 1. The molecule has 1 fully saturated rings. The highest BCUT2D eigenvalue weighted by molar-refractivity contribution is 5.85. The fourth-order valence-corrected chi connectivity index (χ4v) is 2.65. The van der Waals surface area contributed by atoms with Crippen molar-refractivity contribution in [2.75, 3.05) is 32.7 Å². The molecule has 1 aliphatic heterocycles. The first kappa shape index (κ1) is 19.7. The molecule has 1 aliphatic rings. The van der Waals surface area contributed by atoms with E-state index < -0.39 is 17.7 Å². The molecule has 0 aromatic rings. The molecule has 134 valence electrons. The van der Waals surface area contributed by atoms with Crippen molar-refractivity contribution in [1.29, 1.82) is 0 Å². The molecule has 0 aliphatic carbocycles. The highest BCUT2D eigenvalue weighted by atomic mass is 16.6. The minimum atomic E-state index is -0.567. The van der Waals surface area contributed by atoms with Crippen LogP contribution in [0.5, 0.6) is 0 Å². The molecule has 1 rings (SSSR count). The van der Waals surface area contributed by atoms with Crippen molar-refractivity contribution in [1.82, 2.24) is 15.1 Å². The van der Waals surface area contributed by atoms with Gasteiger partial charge in [0.25, 0.3) is 0 Å². The molecule has 1 saturated heterocycles. The number of carbonyl (C=O) groups is 2. The molecular formula is C17H33N3O3. The summed E-state index contributed by atoms with van der Waals surface area (Å²) in [5.74, 6) is 0.316. The van der Waals surface area contributed by atoms with E-state index in [2.05, 4.69) is 17.1 Å². The Morgan fingerprint density at radius 1 is 1.13 bits per heavy atom. The van der Waals surface area contributed by atoms with Crippen molar-refractivity contribution >= 4 is 12.0 Å². The number of amides is 2. The fourth-order valence-electron chi connectivity index (χ4n) is 2.65. The summed E-state index contributed by atoms with van der Waals surface area (Å²) >= 11 is 0. The lowest BCUT2D eigenvalue weighted by Crippen LogP contribution is -2.55. The van der Waals surface area contributed by atoms with Crippen LogP contribution in [0, 0.1) is 5.92 Å². The van der Waals surface area contributed by atoms with Gasteiger partial charge in [0.2, 0.25) is 5.91 Å². The van der Waals surface area contributed by atoms with Gasteiger partial charge < -0.3 is 19.9 Å². The molecule has 1 atom stereocenters. The Labute approximate surface area is 140 Å². The van der Waals surface area contributed by atoms with Gasteiger partial charge in [-0.25, -0.2) is 4.79 Å². The number of piperazine rings is 1. The molecule has 1 heterocycles. The van der Waals surface area contributed by atoms with Gasteiger partial charge in [0, 0.05) is 26.2 Å². The SMILES string of the molecule is CCN1CCN(C(=O)[C@H](CC(C)C)NC(=O)OC(C)(C)C)CC1. The lowest BCUT2D eigenvalue weighted by molar-refractivity contribution is -0.135. The number of hydrogen-bond acceptors (Lipinski definition) is 4. The van der Waals surface area contributed by atoms with Crippen LogP contribution in [0.4, 0.5) is 4.79 Å². The molecule has 0 aromatic carbocycles. The van der Waals surface area contributed by atoms with Gasteiger partial charge >= 0.3 is 6.09 Å². The molecule has 6 heteroatoms. The number of nitrogens with one attached hydrogen (secondary N) is 1. The Balaban J connectivity index is 2.66. The maximum atomic E-state index is 12.8. The highest BCUT2D eigenvalue weighted by Gasteiger charge is 2.30. The van der Waals surface area contributed by atoms with Crippen LogP contribution in [-0.2, 0) is 9.53 Å². The summed E-state index contributed by atoms with van der Waals surface area (Å²) in [6.07, 6.45) is 0.0928. The summed E-state index contributed by atoms with van der Waals surface area (Å²) in [4.78, 5) is 29.0. The zero-order valence-corrected chi connectivity index (χ0v) is 15.5. The summed E-state index contributed by atoms with van der Waals surface area (Å²) in [6.45, 7) is 15.9. The standard InChI is InChI=1S/C17H33N3O3/c1-7-19-8-10-20(11-9-19)15(21)14(12-13(2)3)18-16(22)23-17(4,5)6/h13-14H,7-12H2,1-6H3,(H,18,22)/t14-/m0/s1. The van der Waals surface area contributed by atoms with E-state index in [0.29, 0.717) is 12.3 Å². The van der Waals surface area contributed by atoms with E-state index in [1.54, 1.807) is 0 Å².